The number of benzene rings is 1. The summed E-state index contributed by atoms with van der Waals surface area (Å²) < 4.78 is 5.80. The Kier molecular flexibility index (Phi) is 3.80. The van der Waals surface area contributed by atoms with Crippen molar-refractivity contribution in [3.8, 4) is 0 Å². The Morgan fingerprint density at radius 1 is 1.30 bits per heavy atom. The highest BCUT2D eigenvalue weighted by Crippen LogP contribution is 2.18. The second-order valence-corrected chi connectivity index (χ2v) is 5.42. The molecule has 0 unspecified atom stereocenters. The predicted molar refractivity (Wildman–Crippen MR) is 80.0 cm³/mol. The molecule has 1 aliphatic heterocycles. The van der Waals surface area contributed by atoms with Crippen molar-refractivity contribution in [3.63, 3.8) is 0 Å². The van der Waals surface area contributed by atoms with E-state index in [2.05, 4.69) is 28.9 Å². The van der Waals surface area contributed by atoms with E-state index in [1.54, 1.807) is 0 Å². The number of hydrogen-bond acceptors (Lipinski definition) is 5. The molecule has 2 heterocycles. The lowest BCUT2D eigenvalue weighted by molar-refractivity contribution is 0.0245. The number of para-hydroxylation sites is 2. The van der Waals surface area contributed by atoms with Crippen molar-refractivity contribution < 1.29 is 4.74 Å². The van der Waals surface area contributed by atoms with Gasteiger partial charge in [0, 0.05) is 19.6 Å². The highest BCUT2D eigenvalue weighted by atomic mass is 16.5. The average Bonchev–Trinajstić information content (AvgIpc) is 2.46. The molecule has 1 aromatic heterocycles. The molecule has 1 aromatic carbocycles. The summed E-state index contributed by atoms with van der Waals surface area (Å²) in [5, 5.41) is 0. The molecule has 0 aliphatic carbocycles. The number of ether oxygens (including phenoxy) is 1. The minimum atomic E-state index is 0.229. The van der Waals surface area contributed by atoms with Gasteiger partial charge in [0.2, 0.25) is 0 Å². The molecular weight excluding hydrogens is 252 g/mol. The summed E-state index contributed by atoms with van der Waals surface area (Å²) in [4.78, 5) is 13.6. The van der Waals surface area contributed by atoms with Gasteiger partial charge in [-0.05, 0) is 26.2 Å². The second kappa shape index (κ2) is 5.73. The van der Waals surface area contributed by atoms with Crippen LogP contribution in [0.3, 0.4) is 0 Å². The fraction of sp³-hybridized carbons (Fsp3) is 0.467. The molecule has 5 heteroatoms. The number of morpholine rings is 1. The standard InChI is InChI=1S/C15H20N4O/c1-18(2)10-12-11-19(7-8-20-12)15-9-16-13-5-3-4-6-14(13)17-15/h3-6,9,12H,7-8,10-11H2,1-2H3/t12-/m1/s1. The van der Waals surface area contributed by atoms with E-state index in [0.29, 0.717) is 0 Å². The van der Waals surface area contributed by atoms with Crippen LogP contribution < -0.4 is 4.90 Å². The highest BCUT2D eigenvalue weighted by Gasteiger charge is 2.22. The first-order valence-electron chi connectivity index (χ1n) is 6.95. The van der Waals surface area contributed by atoms with E-state index >= 15 is 0 Å². The number of aromatic nitrogens is 2. The van der Waals surface area contributed by atoms with E-state index in [-0.39, 0.29) is 6.10 Å². The fourth-order valence-electron chi connectivity index (χ4n) is 2.54. The lowest BCUT2D eigenvalue weighted by Gasteiger charge is -2.34. The Morgan fingerprint density at radius 3 is 2.90 bits per heavy atom. The molecule has 0 N–H and O–H groups in total. The van der Waals surface area contributed by atoms with Crippen molar-refractivity contribution in [1.82, 2.24) is 14.9 Å². The molecule has 0 amide bonds. The van der Waals surface area contributed by atoms with Crippen LogP contribution in [0.1, 0.15) is 0 Å². The molecule has 0 bridgehead atoms. The molecule has 1 saturated heterocycles. The third-order valence-electron chi connectivity index (χ3n) is 3.47. The van der Waals surface area contributed by atoms with Gasteiger partial charge in [0.25, 0.3) is 0 Å². The van der Waals surface area contributed by atoms with Gasteiger partial charge in [0.1, 0.15) is 5.82 Å². The number of hydrogen-bond donors (Lipinski definition) is 0. The second-order valence-electron chi connectivity index (χ2n) is 5.42. The SMILES string of the molecule is CN(C)C[C@@H]1CN(c2cnc3ccccc3n2)CCO1. The maximum Gasteiger partial charge on any atom is 0.148 e. The van der Waals surface area contributed by atoms with Crippen molar-refractivity contribution in [2.24, 2.45) is 0 Å². The van der Waals surface area contributed by atoms with Crippen LogP contribution in [-0.2, 0) is 4.74 Å². The number of nitrogens with zero attached hydrogens (tertiary/aromatic N) is 4. The lowest BCUT2D eigenvalue weighted by atomic mass is 10.2. The van der Waals surface area contributed by atoms with Gasteiger partial charge >= 0.3 is 0 Å². The molecule has 0 saturated carbocycles. The molecule has 20 heavy (non-hydrogen) atoms. The summed E-state index contributed by atoms with van der Waals surface area (Å²) in [5.41, 5.74) is 1.88. The van der Waals surface area contributed by atoms with Crippen molar-refractivity contribution >= 4 is 16.9 Å². The van der Waals surface area contributed by atoms with Crippen LogP contribution in [0.5, 0.6) is 0 Å². The van der Waals surface area contributed by atoms with Crippen molar-refractivity contribution in [3.05, 3.63) is 30.5 Å². The Balaban J connectivity index is 1.79. The monoisotopic (exact) mass is 272 g/mol. The smallest absolute Gasteiger partial charge is 0.148 e. The molecule has 3 rings (SSSR count). The van der Waals surface area contributed by atoms with Crippen LogP contribution in [0.15, 0.2) is 30.5 Å². The largest absolute Gasteiger partial charge is 0.373 e. The molecular formula is C15H20N4O. The zero-order chi connectivity index (χ0) is 13.9. The lowest BCUT2D eigenvalue weighted by Crippen LogP contribution is -2.46. The maximum absolute atomic E-state index is 5.80. The van der Waals surface area contributed by atoms with E-state index in [1.165, 1.54) is 0 Å². The van der Waals surface area contributed by atoms with Crippen LogP contribution in [-0.4, -0.2) is 61.3 Å². The molecule has 0 radical (unpaired) electrons. The first-order valence-corrected chi connectivity index (χ1v) is 6.95. The number of rotatable bonds is 3. The van der Waals surface area contributed by atoms with E-state index in [9.17, 15) is 0 Å². The average molecular weight is 272 g/mol. The normalized spacial score (nSPS) is 19.8. The quantitative estimate of drug-likeness (QED) is 0.845. The molecule has 0 spiro atoms. The first-order chi connectivity index (χ1) is 9.72. The van der Waals surface area contributed by atoms with Gasteiger partial charge in [-0.1, -0.05) is 12.1 Å². The predicted octanol–water partition coefficient (Wildman–Crippen LogP) is 1.40. The van der Waals surface area contributed by atoms with Crippen molar-refractivity contribution in [2.45, 2.75) is 6.10 Å². The van der Waals surface area contributed by atoms with Gasteiger partial charge in [-0.3, -0.25) is 4.98 Å². The minimum absolute atomic E-state index is 0.229. The molecule has 1 atom stereocenters. The van der Waals surface area contributed by atoms with Crippen LogP contribution in [0.4, 0.5) is 5.82 Å². The summed E-state index contributed by atoms with van der Waals surface area (Å²) in [7, 11) is 4.14. The number of fused-ring (bicyclic) bond motifs is 1. The van der Waals surface area contributed by atoms with E-state index < -0.39 is 0 Å². The summed E-state index contributed by atoms with van der Waals surface area (Å²) >= 11 is 0. The zero-order valence-corrected chi connectivity index (χ0v) is 12.0. The summed E-state index contributed by atoms with van der Waals surface area (Å²) in [6.45, 7) is 3.41. The molecule has 5 nitrogen and oxygen atoms in total. The Bertz CT molecular complexity index is 587. The van der Waals surface area contributed by atoms with Crippen LogP contribution >= 0.6 is 0 Å². The number of likely N-dealkylation sites (N-methyl/N-ethyl adjacent to an activating group) is 1. The van der Waals surface area contributed by atoms with Gasteiger partial charge in [-0.2, -0.15) is 0 Å². The Hall–Kier alpha value is -1.72. The summed E-state index contributed by atoms with van der Waals surface area (Å²) in [6.07, 6.45) is 2.09. The van der Waals surface area contributed by atoms with E-state index in [4.69, 9.17) is 9.72 Å². The Labute approximate surface area is 119 Å². The summed E-state index contributed by atoms with van der Waals surface area (Å²) in [6, 6.07) is 7.97. The van der Waals surface area contributed by atoms with Crippen LogP contribution in [0, 0.1) is 0 Å². The van der Waals surface area contributed by atoms with Gasteiger partial charge in [0.15, 0.2) is 0 Å². The first kappa shape index (κ1) is 13.3. The molecule has 106 valence electrons. The van der Waals surface area contributed by atoms with Crippen molar-refractivity contribution in [1.29, 1.82) is 0 Å². The highest BCUT2D eigenvalue weighted by molar-refractivity contribution is 5.75. The molecule has 2 aromatic rings. The number of anilines is 1. The fourth-order valence-corrected chi connectivity index (χ4v) is 2.54. The van der Waals surface area contributed by atoms with Crippen LogP contribution in [0.25, 0.3) is 11.0 Å². The van der Waals surface area contributed by atoms with E-state index in [0.717, 1.165) is 43.1 Å². The molecule has 1 fully saturated rings. The topological polar surface area (TPSA) is 41.5 Å². The third-order valence-corrected chi connectivity index (χ3v) is 3.47. The van der Waals surface area contributed by atoms with Gasteiger partial charge in [-0.15, -0.1) is 0 Å². The summed E-state index contributed by atoms with van der Waals surface area (Å²) in [5.74, 6) is 0.941. The van der Waals surface area contributed by atoms with Crippen molar-refractivity contribution in [2.75, 3.05) is 45.2 Å². The Morgan fingerprint density at radius 2 is 2.10 bits per heavy atom. The zero-order valence-electron chi connectivity index (χ0n) is 12.0. The van der Waals surface area contributed by atoms with Gasteiger partial charge in [0.05, 0.1) is 29.9 Å². The minimum Gasteiger partial charge on any atom is -0.373 e. The molecule has 1 aliphatic rings. The van der Waals surface area contributed by atoms with E-state index in [1.807, 2.05) is 30.5 Å². The van der Waals surface area contributed by atoms with Gasteiger partial charge in [-0.25, -0.2) is 4.98 Å². The van der Waals surface area contributed by atoms with Gasteiger partial charge < -0.3 is 14.5 Å². The van der Waals surface area contributed by atoms with Crippen LogP contribution in [0.2, 0.25) is 0 Å². The third kappa shape index (κ3) is 2.89. The maximum atomic E-state index is 5.80.